The molecule has 4 aromatic heterocycles. The molecule has 0 aliphatic rings. The normalized spacial score (nSPS) is 12.3. The molecule has 4 heterocycles. The van der Waals surface area contributed by atoms with Crippen LogP contribution in [0.15, 0.2) is 85.2 Å². The first-order valence-electron chi connectivity index (χ1n) is 12.7. The summed E-state index contributed by atoms with van der Waals surface area (Å²) in [5.41, 5.74) is 7.56. The van der Waals surface area contributed by atoms with Crippen LogP contribution in [0.1, 0.15) is 30.8 Å². The molecule has 4 aromatic rings. The van der Waals surface area contributed by atoms with Crippen LogP contribution in [0.2, 0.25) is 0 Å². The molecule has 0 saturated heterocycles. The molecular formula is C32H32N6O. The average molecular weight is 517 g/mol. The van der Waals surface area contributed by atoms with Gasteiger partial charge >= 0.3 is 0 Å². The van der Waals surface area contributed by atoms with E-state index in [1.165, 1.54) is 0 Å². The molecule has 7 nitrogen and oxygen atoms in total. The van der Waals surface area contributed by atoms with Gasteiger partial charge in [-0.2, -0.15) is 0 Å². The number of aryl methyl sites for hydroxylation is 2. The summed E-state index contributed by atoms with van der Waals surface area (Å²) in [5, 5.41) is 5.83. The van der Waals surface area contributed by atoms with Gasteiger partial charge < -0.3 is 10.6 Å². The minimum absolute atomic E-state index is 0.182. The molecule has 4 rings (SSSR count). The Morgan fingerprint density at radius 2 is 1.97 bits per heavy atom. The highest BCUT2D eigenvalue weighted by Gasteiger charge is 2.20. The Labute approximate surface area is 229 Å². The van der Waals surface area contributed by atoms with Crippen molar-refractivity contribution in [2.45, 2.75) is 33.7 Å². The highest BCUT2D eigenvalue weighted by Crippen LogP contribution is 2.35. The number of hydrogen-bond acceptors (Lipinski definition) is 5. The Kier molecular flexibility index (Phi) is 8.50. The number of hydrogen-bond donors (Lipinski definition) is 2. The molecular weight excluding hydrogens is 484 g/mol. The summed E-state index contributed by atoms with van der Waals surface area (Å²) in [6.07, 6.45) is 11.2. The first kappa shape index (κ1) is 27.2. The van der Waals surface area contributed by atoms with Crippen molar-refractivity contribution in [1.82, 2.24) is 24.7 Å². The van der Waals surface area contributed by atoms with Crippen LogP contribution in [0.4, 0.5) is 5.82 Å². The Bertz CT molecular complexity index is 1670. The number of aromatic nitrogens is 4. The second kappa shape index (κ2) is 12.2. The van der Waals surface area contributed by atoms with Gasteiger partial charge in [0.05, 0.1) is 17.4 Å². The first-order valence-corrected chi connectivity index (χ1v) is 12.7. The van der Waals surface area contributed by atoms with Crippen LogP contribution in [0, 0.1) is 25.7 Å². The smallest absolute Gasteiger partial charge is 0.242 e. The number of anilines is 1. The van der Waals surface area contributed by atoms with Crippen molar-refractivity contribution in [2.24, 2.45) is 0 Å². The Morgan fingerprint density at radius 1 is 1.15 bits per heavy atom. The molecule has 0 spiro atoms. The number of rotatable bonds is 7. The molecule has 0 fully saturated rings. The van der Waals surface area contributed by atoms with Crippen LogP contribution in [0.5, 0.6) is 0 Å². The minimum atomic E-state index is -0.372. The molecule has 1 amide bonds. The fraction of sp³-hybridized carbons (Fsp3) is 0.188. The number of nitrogens with one attached hydrogen (secondary N) is 2. The number of carbonyl (C=O) groups is 1. The van der Waals surface area contributed by atoms with E-state index in [1.54, 1.807) is 32.3 Å². The molecule has 0 bridgehead atoms. The number of pyridine rings is 3. The summed E-state index contributed by atoms with van der Waals surface area (Å²) < 4.78 is 2.05. The molecule has 7 heteroatoms. The SMILES string of the molecule is C=C/C=C\C(C#Cc1nc(NC(=O)[C@H](C)NC)ccc1-c1c(-c2ccnc(C)c2)nc2cc(C)ccn12)=C/C. The van der Waals surface area contributed by atoms with Gasteiger partial charge in [-0.05, 0) is 88.7 Å². The number of fused-ring (bicyclic) bond motifs is 1. The summed E-state index contributed by atoms with van der Waals surface area (Å²) in [6.45, 7) is 11.5. The minimum Gasteiger partial charge on any atom is -0.309 e. The van der Waals surface area contributed by atoms with E-state index in [0.29, 0.717) is 11.5 Å². The number of nitrogens with zero attached hydrogens (tertiary/aromatic N) is 4. The van der Waals surface area contributed by atoms with E-state index >= 15 is 0 Å². The summed E-state index contributed by atoms with van der Waals surface area (Å²) in [7, 11) is 1.74. The fourth-order valence-corrected chi connectivity index (χ4v) is 3.99. The van der Waals surface area contributed by atoms with Gasteiger partial charge in [-0.15, -0.1) is 0 Å². The predicted octanol–water partition coefficient (Wildman–Crippen LogP) is 5.66. The summed E-state index contributed by atoms with van der Waals surface area (Å²) >= 11 is 0. The van der Waals surface area contributed by atoms with Gasteiger partial charge in [0.25, 0.3) is 0 Å². The second-order valence-corrected chi connectivity index (χ2v) is 9.11. The van der Waals surface area contributed by atoms with Crippen molar-refractivity contribution in [2.75, 3.05) is 12.4 Å². The largest absolute Gasteiger partial charge is 0.309 e. The Hall–Kier alpha value is -4.80. The standard InChI is InChI=1S/C32H32N6O/c1-7-9-10-24(8-2)11-13-27-26(12-14-28(35-27)36-32(39)23(5)33-6)31-30(25-15-17-34-22(4)20-25)37-29-19-21(3)16-18-38(29)31/h7-10,12,14-20,23,33H,1H2,2-6H3,(H,35,36,39)/b10-9-,24-8+/t23-/m0/s1. The van der Waals surface area contributed by atoms with Gasteiger partial charge in [-0.25, -0.2) is 9.97 Å². The molecule has 0 radical (unpaired) electrons. The topological polar surface area (TPSA) is 84.2 Å². The van der Waals surface area contributed by atoms with E-state index in [9.17, 15) is 4.79 Å². The van der Waals surface area contributed by atoms with Crippen LogP contribution in [0.25, 0.3) is 28.2 Å². The highest BCUT2D eigenvalue weighted by molar-refractivity contribution is 5.94. The van der Waals surface area contributed by atoms with Gasteiger partial charge in [0.15, 0.2) is 0 Å². The fourth-order valence-electron chi connectivity index (χ4n) is 3.99. The van der Waals surface area contributed by atoms with Crippen molar-refractivity contribution in [3.63, 3.8) is 0 Å². The monoisotopic (exact) mass is 516 g/mol. The number of allylic oxidation sites excluding steroid dienone is 5. The first-order chi connectivity index (χ1) is 18.8. The molecule has 0 unspecified atom stereocenters. The lowest BCUT2D eigenvalue weighted by Crippen LogP contribution is -2.35. The maximum atomic E-state index is 12.6. The zero-order valence-corrected chi connectivity index (χ0v) is 22.9. The van der Waals surface area contributed by atoms with Crippen molar-refractivity contribution in [3.8, 4) is 34.4 Å². The van der Waals surface area contributed by atoms with Crippen molar-refractivity contribution >= 4 is 17.4 Å². The van der Waals surface area contributed by atoms with Crippen molar-refractivity contribution < 1.29 is 4.79 Å². The third-order valence-electron chi connectivity index (χ3n) is 6.23. The highest BCUT2D eigenvalue weighted by atomic mass is 16.2. The summed E-state index contributed by atoms with van der Waals surface area (Å²) in [6, 6.07) is 11.4. The van der Waals surface area contributed by atoms with Gasteiger partial charge in [0.2, 0.25) is 5.91 Å². The second-order valence-electron chi connectivity index (χ2n) is 9.11. The predicted molar refractivity (Wildman–Crippen MR) is 158 cm³/mol. The van der Waals surface area contributed by atoms with Gasteiger partial charge in [0, 0.05) is 34.8 Å². The Balaban J connectivity index is 1.97. The lowest BCUT2D eigenvalue weighted by molar-refractivity contribution is -0.117. The van der Waals surface area contributed by atoms with E-state index in [4.69, 9.17) is 9.97 Å². The maximum absolute atomic E-state index is 12.6. The third kappa shape index (κ3) is 6.20. The molecule has 39 heavy (non-hydrogen) atoms. The van der Waals surface area contributed by atoms with E-state index in [0.717, 1.165) is 45.0 Å². The molecule has 0 aliphatic carbocycles. The molecule has 0 aromatic carbocycles. The van der Waals surface area contributed by atoms with Gasteiger partial charge in [-0.3, -0.25) is 14.2 Å². The van der Waals surface area contributed by atoms with Gasteiger partial charge in [0.1, 0.15) is 17.2 Å². The zero-order valence-electron chi connectivity index (χ0n) is 22.9. The number of imidazole rings is 1. The van der Waals surface area contributed by atoms with Crippen LogP contribution >= 0.6 is 0 Å². The molecule has 0 saturated carbocycles. The average Bonchev–Trinajstić information content (AvgIpc) is 3.31. The molecule has 196 valence electrons. The van der Waals surface area contributed by atoms with Crippen molar-refractivity contribution in [3.05, 3.63) is 102 Å². The maximum Gasteiger partial charge on any atom is 0.242 e. The van der Waals surface area contributed by atoms with Crippen LogP contribution in [-0.2, 0) is 4.79 Å². The third-order valence-corrected chi connectivity index (χ3v) is 6.23. The van der Waals surface area contributed by atoms with Crippen LogP contribution in [-0.4, -0.2) is 38.3 Å². The molecule has 2 N–H and O–H groups in total. The van der Waals surface area contributed by atoms with Gasteiger partial charge in [-0.1, -0.05) is 30.7 Å². The van der Waals surface area contributed by atoms with Crippen molar-refractivity contribution in [1.29, 1.82) is 0 Å². The number of amides is 1. The molecule has 1 atom stereocenters. The van der Waals surface area contributed by atoms with E-state index in [2.05, 4.69) is 38.4 Å². The van der Waals surface area contributed by atoms with E-state index in [1.807, 2.05) is 75.5 Å². The Morgan fingerprint density at radius 3 is 2.69 bits per heavy atom. The van der Waals surface area contributed by atoms with Crippen LogP contribution in [0.3, 0.4) is 0 Å². The lowest BCUT2D eigenvalue weighted by Gasteiger charge is -2.13. The summed E-state index contributed by atoms with van der Waals surface area (Å²) in [4.78, 5) is 26.7. The lowest BCUT2D eigenvalue weighted by atomic mass is 10.0. The quantitative estimate of drug-likeness (QED) is 0.245. The molecule has 0 aliphatic heterocycles. The number of likely N-dealkylation sites (N-methyl/N-ethyl adjacent to an activating group) is 1. The van der Waals surface area contributed by atoms with E-state index in [-0.39, 0.29) is 11.9 Å². The van der Waals surface area contributed by atoms with E-state index < -0.39 is 0 Å². The summed E-state index contributed by atoms with van der Waals surface area (Å²) in [5.74, 6) is 6.70. The van der Waals surface area contributed by atoms with Crippen LogP contribution < -0.4 is 10.6 Å². The number of carbonyl (C=O) groups excluding carboxylic acids is 1. The zero-order chi connectivity index (χ0) is 27.9.